The van der Waals surface area contributed by atoms with Crippen molar-refractivity contribution in [2.24, 2.45) is 5.92 Å². The summed E-state index contributed by atoms with van der Waals surface area (Å²) in [6.45, 7) is 4.47. The number of aromatic nitrogens is 1. The lowest BCUT2D eigenvalue weighted by molar-refractivity contribution is 0.509. The Morgan fingerprint density at radius 1 is 1.15 bits per heavy atom. The molecule has 1 aliphatic carbocycles. The SMILES string of the molecule is Cc1ccc(-c2cc(-c3ccco3)c3c4c(sc3n2)C[C@H](C)CC4)cc1. The van der Waals surface area contributed by atoms with E-state index in [0.717, 1.165) is 34.2 Å². The van der Waals surface area contributed by atoms with E-state index >= 15 is 0 Å². The molecule has 3 heterocycles. The molecule has 0 amide bonds. The lowest BCUT2D eigenvalue weighted by Crippen LogP contribution is -2.08. The fourth-order valence-electron chi connectivity index (χ4n) is 3.94. The summed E-state index contributed by atoms with van der Waals surface area (Å²) in [6.07, 6.45) is 5.34. The van der Waals surface area contributed by atoms with Crippen molar-refractivity contribution in [2.45, 2.75) is 33.1 Å². The van der Waals surface area contributed by atoms with E-state index in [1.165, 1.54) is 39.8 Å². The van der Waals surface area contributed by atoms with Crippen LogP contribution in [0, 0.1) is 12.8 Å². The minimum absolute atomic E-state index is 0.763. The summed E-state index contributed by atoms with van der Waals surface area (Å²) in [4.78, 5) is 7.71. The van der Waals surface area contributed by atoms with E-state index in [1.54, 1.807) is 6.26 Å². The molecule has 0 saturated carbocycles. The third-order valence-electron chi connectivity index (χ3n) is 5.40. The highest BCUT2D eigenvalue weighted by atomic mass is 32.1. The van der Waals surface area contributed by atoms with E-state index in [4.69, 9.17) is 9.40 Å². The molecule has 3 heteroatoms. The number of rotatable bonds is 2. The number of furan rings is 1. The van der Waals surface area contributed by atoms with E-state index in [2.05, 4.69) is 50.2 Å². The molecule has 0 saturated heterocycles. The van der Waals surface area contributed by atoms with Gasteiger partial charge in [0.2, 0.25) is 0 Å². The molecule has 1 aromatic carbocycles. The molecule has 2 nitrogen and oxygen atoms in total. The van der Waals surface area contributed by atoms with Gasteiger partial charge >= 0.3 is 0 Å². The fraction of sp³-hybridized carbons (Fsp3) is 0.261. The Bertz CT molecular complexity index is 1070. The van der Waals surface area contributed by atoms with Crippen LogP contribution < -0.4 is 0 Å². The molecule has 130 valence electrons. The highest BCUT2D eigenvalue weighted by Crippen LogP contribution is 2.43. The predicted molar refractivity (Wildman–Crippen MR) is 109 cm³/mol. The second-order valence-corrected chi connectivity index (χ2v) is 8.51. The molecule has 0 bridgehead atoms. The van der Waals surface area contributed by atoms with Gasteiger partial charge in [-0.15, -0.1) is 11.3 Å². The van der Waals surface area contributed by atoms with Gasteiger partial charge < -0.3 is 4.42 Å². The van der Waals surface area contributed by atoms with Gasteiger partial charge in [-0.2, -0.15) is 0 Å². The summed E-state index contributed by atoms with van der Waals surface area (Å²) in [5, 5.41) is 1.31. The first-order chi connectivity index (χ1) is 12.7. The van der Waals surface area contributed by atoms with Crippen molar-refractivity contribution >= 4 is 21.6 Å². The van der Waals surface area contributed by atoms with Gasteiger partial charge in [-0.05, 0) is 55.9 Å². The van der Waals surface area contributed by atoms with Crippen LogP contribution in [0.1, 0.15) is 29.3 Å². The molecule has 5 rings (SSSR count). The van der Waals surface area contributed by atoms with Crippen molar-refractivity contribution in [3.63, 3.8) is 0 Å². The zero-order chi connectivity index (χ0) is 17.7. The van der Waals surface area contributed by atoms with Gasteiger partial charge in [0.1, 0.15) is 10.6 Å². The van der Waals surface area contributed by atoms with Gasteiger partial charge in [0.15, 0.2) is 0 Å². The smallest absolute Gasteiger partial charge is 0.134 e. The number of thiophene rings is 1. The first-order valence-electron chi connectivity index (χ1n) is 9.25. The number of hydrogen-bond acceptors (Lipinski definition) is 3. The van der Waals surface area contributed by atoms with Crippen LogP contribution in [0.25, 0.3) is 32.8 Å². The number of nitrogens with zero attached hydrogens (tertiary/aromatic N) is 1. The molecule has 0 fully saturated rings. The summed E-state index contributed by atoms with van der Waals surface area (Å²) < 4.78 is 5.80. The van der Waals surface area contributed by atoms with Gasteiger partial charge in [0, 0.05) is 21.4 Å². The highest BCUT2D eigenvalue weighted by molar-refractivity contribution is 7.19. The second-order valence-electron chi connectivity index (χ2n) is 7.43. The average Bonchev–Trinajstić information content (AvgIpc) is 3.28. The number of fused-ring (bicyclic) bond motifs is 3. The van der Waals surface area contributed by atoms with E-state index in [0.29, 0.717) is 0 Å². The van der Waals surface area contributed by atoms with Crippen LogP contribution in [0.4, 0.5) is 0 Å². The molecule has 3 aromatic heterocycles. The molecule has 0 aliphatic heterocycles. The van der Waals surface area contributed by atoms with Crippen LogP contribution >= 0.6 is 11.3 Å². The molecular formula is C23H21NOS. The van der Waals surface area contributed by atoms with Crippen molar-refractivity contribution in [2.75, 3.05) is 0 Å². The summed E-state index contributed by atoms with van der Waals surface area (Å²) in [5.41, 5.74) is 6.13. The topological polar surface area (TPSA) is 26.0 Å². The van der Waals surface area contributed by atoms with Gasteiger partial charge in [-0.1, -0.05) is 36.8 Å². The molecule has 0 N–H and O–H groups in total. The maximum absolute atomic E-state index is 5.80. The Kier molecular flexibility index (Phi) is 3.71. The summed E-state index contributed by atoms with van der Waals surface area (Å²) in [6, 6.07) is 14.8. The number of benzene rings is 1. The summed E-state index contributed by atoms with van der Waals surface area (Å²) >= 11 is 1.87. The second kappa shape index (κ2) is 6.10. The zero-order valence-electron chi connectivity index (χ0n) is 15.1. The molecule has 0 spiro atoms. The standard InChI is InChI=1S/C23H21NOS/c1-14-5-8-16(9-6-14)19-13-18(20-4-3-11-25-20)22-17-10-7-15(2)12-21(17)26-23(22)24-19/h3-6,8-9,11,13,15H,7,10,12H2,1-2H3/t15-/m1/s1. The van der Waals surface area contributed by atoms with E-state index in [-0.39, 0.29) is 0 Å². The normalized spacial score (nSPS) is 16.8. The quantitative estimate of drug-likeness (QED) is 0.400. The maximum Gasteiger partial charge on any atom is 0.134 e. The van der Waals surface area contributed by atoms with E-state index in [1.807, 2.05) is 17.4 Å². The van der Waals surface area contributed by atoms with Crippen molar-refractivity contribution in [3.8, 4) is 22.6 Å². The predicted octanol–water partition coefficient (Wildman–Crippen LogP) is 6.66. The largest absolute Gasteiger partial charge is 0.464 e. The first-order valence-corrected chi connectivity index (χ1v) is 10.1. The first kappa shape index (κ1) is 15.8. The minimum atomic E-state index is 0.763. The van der Waals surface area contributed by atoms with Crippen LogP contribution in [-0.4, -0.2) is 4.98 Å². The molecule has 26 heavy (non-hydrogen) atoms. The van der Waals surface area contributed by atoms with Crippen molar-refractivity contribution in [3.05, 3.63) is 64.7 Å². The Hall–Kier alpha value is -2.39. The molecule has 1 atom stereocenters. The van der Waals surface area contributed by atoms with Gasteiger partial charge in [-0.3, -0.25) is 0 Å². The Morgan fingerprint density at radius 3 is 2.77 bits per heavy atom. The van der Waals surface area contributed by atoms with Gasteiger partial charge in [0.25, 0.3) is 0 Å². The van der Waals surface area contributed by atoms with Crippen molar-refractivity contribution in [1.82, 2.24) is 4.98 Å². The average molecular weight is 359 g/mol. The van der Waals surface area contributed by atoms with Crippen LogP contribution in [-0.2, 0) is 12.8 Å². The molecule has 0 unspecified atom stereocenters. The lowest BCUT2D eigenvalue weighted by atomic mass is 9.88. The third kappa shape index (κ3) is 2.58. The number of aryl methyl sites for hydroxylation is 2. The lowest BCUT2D eigenvalue weighted by Gasteiger charge is -2.18. The third-order valence-corrected chi connectivity index (χ3v) is 6.55. The molecular weight excluding hydrogens is 338 g/mol. The number of pyridine rings is 1. The van der Waals surface area contributed by atoms with Crippen molar-refractivity contribution in [1.29, 1.82) is 0 Å². The van der Waals surface area contributed by atoms with Crippen LogP contribution in [0.3, 0.4) is 0 Å². The molecule has 4 aromatic rings. The maximum atomic E-state index is 5.80. The molecule has 1 aliphatic rings. The number of hydrogen-bond donors (Lipinski definition) is 0. The van der Waals surface area contributed by atoms with Gasteiger partial charge in [-0.25, -0.2) is 4.98 Å². The monoisotopic (exact) mass is 359 g/mol. The molecule has 0 radical (unpaired) electrons. The van der Waals surface area contributed by atoms with Gasteiger partial charge in [0.05, 0.1) is 12.0 Å². The summed E-state index contributed by atoms with van der Waals surface area (Å²) in [7, 11) is 0. The Morgan fingerprint density at radius 2 is 2.00 bits per heavy atom. The summed E-state index contributed by atoms with van der Waals surface area (Å²) in [5.74, 6) is 1.70. The van der Waals surface area contributed by atoms with Crippen LogP contribution in [0.15, 0.2) is 53.1 Å². The fourth-order valence-corrected chi connectivity index (χ4v) is 5.35. The van der Waals surface area contributed by atoms with E-state index in [9.17, 15) is 0 Å². The van der Waals surface area contributed by atoms with Crippen LogP contribution in [0.5, 0.6) is 0 Å². The van der Waals surface area contributed by atoms with Crippen molar-refractivity contribution < 1.29 is 4.42 Å². The minimum Gasteiger partial charge on any atom is -0.464 e. The van der Waals surface area contributed by atoms with Crippen LogP contribution in [0.2, 0.25) is 0 Å². The zero-order valence-corrected chi connectivity index (χ0v) is 15.9. The Balaban J connectivity index is 1.78. The Labute approximate surface area is 157 Å². The highest BCUT2D eigenvalue weighted by Gasteiger charge is 2.24. The van der Waals surface area contributed by atoms with E-state index < -0.39 is 0 Å².